The number of rotatable bonds is 7. The van der Waals surface area contributed by atoms with Crippen LogP contribution in [-0.2, 0) is 0 Å². The van der Waals surface area contributed by atoms with Gasteiger partial charge in [-0.3, -0.25) is 9.59 Å². The molecule has 5 rings (SSSR count). The summed E-state index contributed by atoms with van der Waals surface area (Å²) in [6.07, 6.45) is 0.668. The second kappa shape index (κ2) is 11.4. The molecule has 0 bridgehead atoms. The Morgan fingerprint density at radius 3 is 2.26 bits per heavy atom. The molecule has 198 valence electrons. The van der Waals surface area contributed by atoms with Crippen LogP contribution in [0.15, 0.2) is 66.7 Å². The predicted octanol–water partition coefficient (Wildman–Crippen LogP) is 5.84. The molecule has 3 atom stereocenters. The van der Waals surface area contributed by atoms with E-state index in [2.05, 4.69) is 10.2 Å². The van der Waals surface area contributed by atoms with Crippen LogP contribution in [0.25, 0.3) is 0 Å². The van der Waals surface area contributed by atoms with Gasteiger partial charge in [-0.2, -0.15) is 0 Å². The van der Waals surface area contributed by atoms with Crippen LogP contribution >= 0.6 is 23.2 Å². The third-order valence-electron chi connectivity index (χ3n) is 7.44. The predicted molar refractivity (Wildman–Crippen MR) is 143 cm³/mol. The number of benzene rings is 3. The minimum Gasteiger partial charge on any atom is -0.345 e. The first-order chi connectivity index (χ1) is 18.3. The van der Waals surface area contributed by atoms with Gasteiger partial charge in [-0.1, -0.05) is 59.6 Å². The Kier molecular flexibility index (Phi) is 7.98. The third kappa shape index (κ3) is 5.70. The van der Waals surface area contributed by atoms with E-state index in [1.54, 1.807) is 4.90 Å². The van der Waals surface area contributed by atoms with Crippen LogP contribution in [0.4, 0.5) is 8.78 Å². The number of carbonyl (C=O) groups is 2. The van der Waals surface area contributed by atoms with Crippen molar-refractivity contribution in [3.63, 3.8) is 0 Å². The maximum absolute atomic E-state index is 14.3. The highest BCUT2D eigenvalue weighted by atomic mass is 35.5. The summed E-state index contributed by atoms with van der Waals surface area (Å²) in [5, 5.41) is 3.26. The summed E-state index contributed by atoms with van der Waals surface area (Å²) < 4.78 is 27.7. The van der Waals surface area contributed by atoms with Crippen molar-refractivity contribution in [2.24, 2.45) is 11.8 Å². The summed E-state index contributed by atoms with van der Waals surface area (Å²) in [5.74, 6) is -1.22. The Morgan fingerprint density at radius 2 is 1.61 bits per heavy atom. The van der Waals surface area contributed by atoms with E-state index in [0.29, 0.717) is 31.3 Å². The number of nitrogens with one attached hydrogen (secondary N) is 1. The van der Waals surface area contributed by atoms with E-state index in [1.165, 1.54) is 30.3 Å². The van der Waals surface area contributed by atoms with Crippen molar-refractivity contribution in [1.29, 1.82) is 0 Å². The van der Waals surface area contributed by atoms with Crippen LogP contribution < -0.4 is 5.32 Å². The number of nitrogens with zero attached hydrogens (tertiary/aromatic N) is 2. The Bertz CT molecular complexity index is 1310. The van der Waals surface area contributed by atoms with Crippen molar-refractivity contribution < 1.29 is 18.4 Å². The highest BCUT2D eigenvalue weighted by molar-refractivity contribution is 6.34. The van der Waals surface area contributed by atoms with Crippen LogP contribution in [0.2, 0.25) is 10.0 Å². The van der Waals surface area contributed by atoms with Crippen molar-refractivity contribution >= 4 is 35.0 Å². The summed E-state index contributed by atoms with van der Waals surface area (Å²) in [6, 6.07) is 17.4. The zero-order chi connectivity index (χ0) is 26.8. The molecule has 0 radical (unpaired) electrons. The first-order valence-electron chi connectivity index (χ1n) is 12.6. The number of halogens is 4. The molecular formula is C29H27Cl2F2N3O2. The van der Waals surface area contributed by atoms with Gasteiger partial charge in [-0.15, -0.1) is 0 Å². The lowest BCUT2D eigenvalue weighted by atomic mass is 10.0. The molecule has 5 nitrogen and oxygen atoms in total. The topological polar surface area (TPSA) is 52.7 Å². The fourth-order valence-electron chi connectivity index (χ4n) is 5.53. The van der Waals surface area contributed by atoms with Gasteiger partial charge in [0.2, 0.25) is 0 Å². The van der Waals surface area contributed by atoms with Crippen LogP contribution in [-0.4, -0.2) is 54.3 Å². The van der Waals surface area contributed by atoms with Gasteiger partial charge < -0.3 is 15.1 Å². The first kappa shape index (κ1) is 26.6. The van der Waals surface area contributed by atoms with Gasteiger partial charge in [0, 0.05) is 32.7 Å². The monoisotopic (exact) mass is 557 g/mol. The molecule has 3 aromatic carbocycles. The Labute approximate surface area is 230 Å². The molecule has 3 unspecified atom stereocenters. The largest absolute Gasteiger partial charge is 0.345 e. The third-order valence-corrected chi connectivity index (χ3v) is 8.07. The minimum atomic E-state index is -0.600. The summed E-state index contributed by atoms with van der Waals surface area (Å²) in [7, 11) is 0. The highest BCUT2D eigenvalue weighted by Gasteiger charge is 2.42. The normalized spacial score (nSPS) is 19.8. The molecule has 2 aliphatic rings. The van der Waals surface area contributed by atoms with Crippen LogP contribution in [0, 0.1) is 23.5 Å². The first-order valence-corrected chi connectivity index (χ1v) is 13.3. The zero-order valence-corrected chi connectivity index (χ0v) is 22.1. The van der Waals surface area contributed by atoms with Crippen LogP contribution in [0.1, 0.15) is 38.7 Å². The lowest BCUT2D eigenvalue weighted by Gasteiger charge is -2.25. The maximum atomic E-state index is 14.3. The minimum absolute atomic E-state index is 0.0614. The molecule has 9 heteroatoms. The number of carbonyl (C=O) groups excluding carboxylic acids is 2. The zero-order valence-electron chi connectivity index (χ0n) is 20.5. The van der Waals surface area contributed by atoms with Gasteiger partial charge in [0.05, 0.1) is 27.2 Å². The molecule has 38 heavy (non-hydrogen) atoms. The highest BCUT2D eigenvalue weighted by Crippen LogP contribution is 2.34. The van der Waals surface area contributed by atoms with Gasteiger partial charge in [0.25, 0.3) is 11.8 Å². The smallest absolute Gasteiger partial charge is 0.258 e. The molecule has 2 saturated heterocycles. The molecule has 0 saturated carbocycles. The fraction of sp³-hybridized carbons (Fsp3) is 0.310. The Morgan fingerprint density at radius 1 is 0.895 bits per heavy atom. The summed E-state index contributed by atoms with van der Waals surface area (Å²) in [4.78, 5) is 30.0. The summed E-state index contributed by atoms with van der Waals surface area (Å²) >= 11 is 12.2. The molecule has 1 N–H and O–H groups in total. The molecule has 2 aliphatic heterocycles. The number of hydrogen-bond acceptors (Lipinski definition) is 3. The standard InChI is InChI=1S/C29H27Cl2F2N3O2/c30-23-7-4-8-25(33)27(23)29(38)36-16-19-14-35(15-20(19)17-36)12-11-26(18-5-2-1-3-6-18)34-28(37)22-10-9-21(32)13-24(22)31/h1-10,13,19-20,26H,11-12,14-17H2,(H,34,37). The lowest BCUT2D eigenvalue weighted by molar-refractivity contribution is 0.0769. The number of fused-ring (bicyclic) bond motifs is 1. The van der Waals surface area contributed by atoms with Crippen molar-refractivity contribution in [3.8, 4) is 0 Å². The Hall–Kier alpha value is -3.00. The molecule has 2 amide bonds. The van der Waals surface area contributed by atoms with Crippen molar-refractivity contribution in [2.75, 3.05) is 32.7 Å². The van der Waals surface area contributed by atoms with Gasteiger partial charge in [-0.05, 0) is 54.2 Å². The van der Waals surface area contributed by atoms with Gasteiger partial charge in [0.15, 0.2) is 0 Å². The second-order valence-corrected chi connectivity index (χ2v) is 10.8. The van der Waals surface area contributed by atoms with Crippen LogP contribution in [0.3, 0.4) is 0 Å². The van der Waals surface area contributed by atoms with E-state index in [9.17, 15) is 18.4 Å². The molecular weight excluding hydrogens is 531 g/mol. The molecule has 3 aromatic rings. The molecule has 0 spiro atoms. The molecule has 2 fully saturated rings. The van der Waals surface area contributed by atoms with E-state index in [4.69, 9.17) is 23.2 Å². The lowest BCUT2D eigenvalue weighted by Crippen LogP contribution is -2.35. The van der Waals surface area contributed by atoms with E-state index in [-0.39, 0.29) is 39.0 Å². The number of amides is 2. The van der Waals surface area contributed by atoms with Crippen molar-refractivity contribution in [1.82, 2.24) is 15.1 Å². The number of likely N-dealkylation sites (tertiary alicyclic amines) is 2. The van der Waals surface area contributed by atoms with E-state index in [1.807, 2.05) is 30.3 Å². The van der Waals surface area contributed by atoms with Gasteiger partial charge in [-0.25, -0.2) is 8.78 Å². The average Bonchev–Trinajstić information content (AvgIpc) is 3.46. The summed E-state index contributed by atoms with van der Waals surface area (Å²) in [5.41, 5.74) is 1.13. The molecule has 0 aromatic heterocycles. The quantitative estimate of drug-likeness (QED) is 0.397. The number of hydrogen-bond donors (Lipinski definition) is 1. The maximum Gasteiger partial charge on any atom is 0.258 e. The van der Waals surface area contributed by atoms with Gasteiger partial charge in [0.1, 0.15) is 11.6 Å². The summed E-state index contributed by atoms with van der Waals surface area (Å²) in [6.45, 7) is 3.51. The second-order valence-electron chi connectivity index (χ2n) is 9.94. The van der Waals surface area contributed by atoms with E-state index >= 15 is 0 Å². The van der Waals surface area contributed by atoms with Crippen molar-refractivity contribution in [2.45, 2.75) is 12.5 Å². The van der Waals surface area contributed by atoms with E-state index in [0.717, 1.165) is 31.3 Å². The molecule has 0 aliphatic carbocycles. The molecule has 2 heterocycles. The van der Waals surface area contributed by atoms with Crippen LogP contribution in [0.5, 0.6) is 0 Å². The van der Waals surface area contributed by atoms with E-state index < -0.39 is 11.6 Å². The van der Waals surface area contributed by atoms with Crippen molar-refractivity contribution in [3.05, 3.63) is 105 Å². The SMILES string of the molecule is O=C(NC(CCN1CC2CN(C(=O)c3c(F)cccc3Cl)CC2C1)c1ccccc1)c1ccc(F)cc1Cl. The Balaban J connectivity index is 1.20. The van der Waals surface area contributed by atoms with Gasteiger partial charge >= 0.3 is 0 Å². The fourth-order valence-corrected chi connectivity index (χ4v) is 6.02. The average molecular weight is 558 g/mol.